The summed E-state index contributed by atoms with van der Waals surface area (Å²) in [4.78, 5) is 15.3. The third kappa shape index (κ3) is 2.93. The number of halogens is 3. The first-order chi connectivity index (χ1) is 8.88. The zero-order valence-corrected chi connectivity index (χ0v) is 9.88. The monoisotopic (exact) mass is 269 g/mol. The Labute approximate surface area is 106 Å². The molecule has 0 radical (unpaired) electrons. The van der Waals surface area contributed by atoms with E-state index >= 15 is 0 Å². The Hall–Kier alpha value is -2.31. The quantitative estimate of drug-likeness (QED) is 0.809. The van der Waals surface area contributed by atoms with E-state index < -0.39 is 11.7 Å². The third-order valence-corrected chi connectivity index (χ3v) is 2.55. The van der Waals surface area contributed by atoms with E-state index in [0.29, 0.717) is 16.9 Å². The normalized spacial score (nSPS) is 12.2. The Kier molecular flexibility index (Phi) is 3.28. The highest BCUT2D eigenvalue weighted by atomic mass is 19.4. The number of aromatic nitrogens is 2. The van der Waals surface area contributed by atoms with Crippen LogP contribution in [0.25, 0.3) is 0 Å². The summed E-state index contributed by atoms with van der Waals surface area (Å²) in [6, 6.07) is 4.38. The maximum atomic E-state index is 12.3. The fourth-order valence-corrected chi connectivity index (χ4v) is 1.49. The average molecular weight is 269 g/mol. The zero-order chi connectivity index (χ0) is 14.0. The molecule has 1 aromatic carbocycles. The molecule has 2 rings (SSSR count). The first-order valence-corrected chi connectivity index (χ1v) is 5.36. The lowest BCUT2D eigenvalue weighted by Crippen LogP contribution is -2.05. The van der Waals surface area contributed by atoms with E-state index in [4.69, 9.17) is 0 Å². The summed E-state index contributed by atoms with van der Waals surface area (Å²) in [6.07, 6.45) is -3.05. The van der Waals surface area contributed by atoms with E-state index in [-0.39, 0.29) is 5.56 Å². The average Bonchev–Trinajstić information content (AvgIpc) is 2.66. The number of nitrogens with one attached hydrogen (secondary N) is 2. The van der Waals surface area contributed by atoms with E-state index in [1.165, 1.54) is 18.3 Å². The second-order valence-electron chi connectivity index (χ2n) is 3.92. The van der Waals surface area contributed by atoms with Gasteiger partial charge in [-0.05, 0) is 31.2 Å². The van der Waals surface area contributed by atoms with E-state index in [9.17, 15) is 18.0 Å². The van der Waals surface area contributed by atoms with Gasteiger partial charge in [0.25, 0.3) is 5.56 Å². The summed E-state index contributed by atoms with van der Waals surface area (Å²) in [5.74, 6) is 0. The third-order valence-electron chi connectivity index (χ3n) is 2.55. The van der Waals surface area contributed by atoms with Crippen molar-refractivity contribution >= 4 is 11.9 Å². The molecule has 2 N–H and O–H groups in total. The number of H-pyrrole nitrogens is 2. The molecule has 0 aliphatic heterocycles. The molecule has 0 fully saturated rings. The summed E-state index contributed by atoms with van der Waals surface area (Å²) in [5, 5.41) is 5.01. The van der Waals surface area contributed by atoms with Crippen molar-refractivity contribution < 1.29 is 13.2 Å². The molecular weight excluding hydrogens is 259 g/mol. The molecule has 7 heteroatoms. The lowest BCUT2D eigenvalue weighted by Gasteiger charge is -2.05. The van der Waals surface area contributed by atoms with Crippen molar-refractivity contribution in [3.8, 4) is 0 Å². The van der Waals surface area contributed by atoms with Gasteiger partial charge in [0.1, 0.15) is 0 Å². The number of aromatic amines is 2. The number of benzene rings is 1. The molecule has 1 aromatic heterocycles. The van der Waals surface area contributed by atoms with Crippen molar-refractivity contribution in [2.45, 2.75) is 13.1 Å². The van der Waals surface area contributed by atoms with Crippen LogP contribution in [-0.4, -0.2) is 16.4 Å². The van der Waals surface area contributed by atoms with Crippen LogP contribution in [0, 0.1) is 6.92 Å². The zero-order valence-electron chi connectivity index (χ0n) is 9.88. The molecule has 0 saturated heterocycles. The molecule has 100 valence electrons. The van der Waals surface area contributed by atoms with Crippen LogP contribution in [0.4, 0.5) is 18.9 Å². The second-order valence-corrected chi connectivity index (χ2v) is 3.92. The predicted octanol–water partition coefficient (Wildman–Crippen LogP) is 2.78. The Morgan fingerprint density at radius 3 is 2.26 bits per heavy atom. The molecular formula is C12H10F3N3O. The van der Waals surface area contributed by atoms with Crippen LogP contribution in [0.15, 0.2) is 34.1 Å². The molecule has 0 aliphatic rings. The molecule has 0 bridgehead atoms. The van der Waals surface area contributed by atoms with Crippen molar-refractivity contribution in [3.63, 3.8) is 0 Å². The highest BCUT2D eigenvalue weighted by Crippen LogP contribution is 2.30. The van der Waals surface area contributed by atoms with E-state index in [1.54, 1.807) is 6.92 Å². The topological polar surface area (TPSA) is 61.0 Å². The van der Waals surface area contributed by atoms with Crippen LogP contribution in [0.1, 0.15) is 16.8 Å². The van der Waals surface area contributed by atoms with E-state index in [0.717, 1.165) is 12.1 Å². The maximum Gasteiger partial charge on any atom is 0.416 e. The molecule has 19 heavy (non-hydrogen) atoms. The van der Waals surface area contributed by atoms with Gasteiger partial charge >= 0.3 is 6.18 Å². The minimum Gasteiger partial charge on any atom is -0.302 e. The fourth-order valence-electron chi connectivity index (χ4n) is 1.49. The minimum atomic E-state index is -4.36. The highest BCUT2D eigenvalue weighted by Gasteiger charge is 2.29. The SMILES string of the molecule is Cc1[nH][nH]c(=O)c1C=Nc1ccc(C(F)(F)F)cc1. The van der Waals surface area contributed by atoms with Gasteiger partial charge in [0, 0.05) is 11.9 Å². The highest BCUT2D eigenvalue weighted by molar-refractivity contribution is 5.82. The molecule has 0 atom stereocenters. The Morgan fingerprint density at radius 2 is 1.79 bits per heavy atom. The fraction of sp³-hybridized carbons (Fsp3) is 0.167. The van der Waals surface area contributed by atoms with Crippen molar-refractivity contribution in [1.29, 1.82) is 0 Å². The van der Waals surface area contributed by atoms with Crippen LogP contribution in [0.3, 0.4) is 0 Å². The molecule has 0 spiro atoms. The number of nitrogens with zero attached hydrogens (tertiary/aromatic N) is 1. The summed E-state index contributed by atoms with van der Waals surface area (Å²) < 4.78 is 37.0. The van der Waals surface area contributed by atoms with Crippen molar-refractivity contribution in [3.05, 3.63) is 51.4 Å². The number of rotatable bonds is 2. The molecule has 0 aliphatic carbocycles. The lowest BCUT2D eigenvalue weighted by molar-refractivity contribution is -0.137. The molecule has 0 amide bonds. The van der Waals surface area contributed by atoms with Gasteiger partial charge in [0.05, 0.1) is 16.8 Å². The number of aliphatic imine (C=N–C) groups is 1. The van der Waals surface area contributed by atoms with Gasteiger partial charge in [0.2, 0.25) is 0 Å². The van der Waals surface area contributed by atoms with Crippen LogP contribution in [-0.2, 0) is 6.18 Å². The summed E-state index contributed by atoms with van der Waals surface area (Å²) in [7, 11) is 0. The van der Waals surface area contributed by atoms with Crippen LogP contribution in [0.2, 0.25) is 0 Å². The maximum absolute atomic E-state index is 12.3. The van der Waals surface area contributed by atoms with Crippen molar-refractivity contribution in [1.82, 2.24) is 10.2 Å². The van der Waals surface area contributed by atoms with Crippen LogP contribution in [0.5, 0.6) is 0 Å². The smallest absolute Gasteiger partial charge is 0.302 e. The van der Waals surface area contributed by atoms with Gasteiger partial charge in [0.15, 0.2) is 0 Å². The van der Waals surface area contributed by atoms with Crippen molar-refractivity contribution in [2.24, 2.45) is 4.99 Å². The second kappa shape index (κ2) is 4.75. The van der Waals surface area contributed by atoms with E-state index in [2.05, 4.69) is 15.2 Å². The largest absolute Gasteiger partial charge is 0.416 e. The van der Waals surface area contributed by atoms with Gasteiger partial charge in [-0.25, -0.2) is 0 Å². The van der Waals surface area contributed by atoms with Gasteiger partial charge in [-0.2, -0.15) is 13.2 Å². The standard InChI is InChI=1S/C12H10F3N3O/c1-7-10(11(19)18-17-7)6-16-9-4-2-8(3-5-9)12(13,14)15/h2-6H,1H3,(H2,17,18,19). The van der Waals surface area contributed by atoms with E-state index in [1.807, 2.05) is 0 Å². The number of alkyl halides is 3. The Morgan fingerprint density at radius 1 is 1.16 bits per heavy atom. The number of aryl methyl sites for hydroxylation is 1. The predicted molar refractivity (Wildman–Crippen MR) is 64.8 cm³/mol. The Bertz CT molecular complexity index is 650. The molecule has 2 aromatic rings. The van der Waals surface area contributed by atoms with Gasteiger partial charge < -0.3 is 5.10 Å². The number of hydrogen-bond donors (Lipinski definition) is 2. The molecule has 0 saturated carbocycles. The number of hydrogen-bond acceptors (Lipinski definition) is 2. The summed E-state index contributed by atoms with van der Waals surface area (Å²) >= 11 is 0. The van der Waals surface area contributed by atoms with Crippen molar-refractivity contribution in [2.75, 3.05) is 0 Å². The lowest BCUT2D eigenvalue weighted by atomic mass is 10.2. The molecule has 4 nitrogen and oxygen atoms in total. The first-order valence-electron chi connectivity index (χ1n) is 5.36. The minimum absolute atomic E-state index is 0.326. The molecule has 1 heterocycles. The molecule has 0 unspecified atom stereocenters. The van der Waals surface area contributed by atoms with Gasteiger partial charge in [-0.3, -0.25) is 14.9 Å². The van der Waals surface area contributed by atoms with Crippen LogP contribution < -0.4 is 5.56 Å². The summed E-state index contributed by atoms with van der Waals surface area (Å²) in [6.45, 7) is 1.69. The van der Waals surface area contributed by atoms with Crippen LogP contribution >= 0.6 is 0 Å². The Balaban J connectivity index is 2.23. The van der Waals surface area contributed by atoms with Gasteiger partial charge in [-0.1, -0.05) is 0 Å². The first kappa shape index (κ1) is 13.1. The summed E-state index contributed by atoms with van der Waals surface area (Å²) in [5.41, 5.74) is 0.240. The van der Waals surface area contributed by atoms with Gasteiger partial charge in [-0.15, -0.1) is 0 Å².